The molecule has 118 valence electrons. The number of amides is 2. The van der Waals surface area contributed by atoms with Crippen molar-refractivity contribution in [1.29, 1.82) is 0 Å². The molecule has 1 aliphatic heterocycles. The summed E-state index contributed by atoms with van der Waals surface area (Å²) in [5.41, 5.74) is 2.59. The molecule has 0 atom stereocenters. The fourth-order valence-electron chi connectivity index (χ4n) is 2.36. The molecule has 5 nitrogen and oxygen atoms in total. The van der Waals surface area contributed by atoms with Gasteiger partial charge in [0.2, 0.25) is 5.91 Å². The summed E-state index contributed by atoms with van der Waals surface area (Å²) in [6.45, 7) is -0.0589. The topological polar surface area (TPSA) is 67.4 Å². The van der Waals surface area contributed by atoms with Crippen molar-refractivity contribution in [3.63, 3.8) is 0 Å². The summed E-state index contributed by atoms with van der Waals surface area (Å²) in [5, 5.41) is 5.61. The van der Waals surface area contributed by atoms with Gasteiger partial charge in [0.05, 0.1) is 0 Å². The Kier molecular flexibility index (Phi) is 4.80. The fraction of sp³-hybridized carbons (Fsp3) is 0.176. The van der Waals surface area contributed by atoms with Crippen LogP contribution < -0.4 is 15.4 Å². The van der Waals surface area contributed by atoms with Gasteiger partial charge in [0, 0.05) is 21.4 Å². The Bertz CT molecular complexity index is 761. The average molecular weight is 422 g/mol. The molecule has 23 heavy (non-hydrogen) atoms. The Morgan fingerprint density at radius 1 is 1.22 bits per heavy atom. The number of benzene rings is 2. The van der Waals surface area contributed by atoms with Crippen molar-refractivity contribution < 1.29 is 14.3 Å². The van der Waals surface area contributed by atoms with Crippen LogP contribution in [0.1, 0.15) is 12.0 Å². The molecule has 2 amide bonds. The zero-order chi connectivity index (χ0) is 16.2. The van der Waals surface area contributed by atoms with Crippen LogP contribution in [0.4, 0.5) is 11.4 Å². The van der Waals surface area contributed by atoms with E-state index >= 15 is 0 Å². The van der Waals surface area contributed by atoms with Crippen LogP contribution >= 0.6 is 22.6 Å². The van der Waals surface area contributed by atoms with Crippen molar-refractivity contribution >= 4 is 45.8 Å². The molecule has 1 aliphatic rings. The third-order valence-electron chi connectivity index (χ3n) is 3.45. The van der Waals surface area contributed by atoms with E-state index in [0.29, 0.717) is 18.6 Å². The number of anilines is 2. The summed E-state index contributed by atoms with van der Waals surface area (Å²) in [6, 6.07) is 13.0. The van der Waals surface area contributed by atoms with Crippen molar-refractivity contribution in [2.24, 2.45) is 0 Å². The van der Waals surface area contributed by atoms with Gasteiger partial charge in [-0.15, -0.1) is 0 Å². The van der Waals surface area contributed by atoms with Crippen molar-refractivity contribution in [3.8, 4) is 5.75 Å². The first-order valence-corrected chi connectivity index (χ1v) is 8.29. The van der Waals surface area contributed by atoms with Crippen molar-refractivity contribution in [3.05, 3.63) is 51.6 Å². The van der Waals surface area contributed by atoms with Gasteiger partial charge in [-0.2, -0.15) is 0 Å². The molecule has 0 unspecified atom stereocenters. The third kappa shape index (κ3) is 4.22. The Morgan fingerprint density at radius 2 is 2.09 bits per heavy atom. The van der Waals surface area contributed by atoms with Gasteiger partial charge in [-0.25, -0.2) is 0 Å². The van der Waals surface area contributed by atoms with Crippen molar-refractivity contribution in [2.75, 3.05) is 17.2 Å². The number of carbonyl (C=O) groups is 2. The number of rotatable bonds is 4. The van der Waals surface area contributed by atoms with Gasteiger partial charge >= 0.3 is 0 Å². The molecule has 0 spiro atoms. The summed E-state index contributed by atoms with van der Waals surface area (Å²) >= 11 is 2.19. The normalized spacial score (nSPS) is 13.0. The predicted molar refractivity (Wildman–Crippen MR) is 96.7 cm³/mol. The number of ether oxygens (including phenoxy) is 1. The zero-order valence-corrected chi connectivity index (χ0v) is 14.4. The molecule has 2 aromatic carbocycles. The summed E-state index contributed by atoms with van der Waals surface area (Å²) in [5.74, 6) is 0.443. The van der Waals surface area contributed by atoms with E-state index in [4.69, 9.17) is 4.74 Å². The highest BCUT2D eigenvalue weighted by Crippen LogP contribution is 2.26. The van der Waals surface area contributed by atoms with Gasteiger partial charge in [0.1, 0.15) is 5.75 Å². The minimum Gasteiger partial charge on any atom is -0.484 e. The van der Waals surface area contributed by atoms with E-state index in [9.17, 15) is 9.59 Å². The van der Waals surface area contributed by atoms with Crippen LogP contribution in [0.25, 0.3) is 0 Å². The molecular formula is C17H15IN2O3. The fourth-order valence-corrected chi connectivity index (χ4v) is 2.90. The Morgan fingerprint density at radius 3 is 2.91 bits per heavy atom. The van der Waals surface area contributed by atoms with E-state index in [1.807, 2.05) is 30.3 Å². The minimum atomic E-state index is -0.210. The van der Waals surface area contributed by atoms with Crippen molar-refractivity contribution in [1.82, 2.24) is 0 Å². The lowest BCUT2D eigenvalue weighted by molar-refractivity contribution is -0.118. The van der Waals surface area contributed by atoms with Crippen LogP contribution in [0.2, 0.25) is 0 Å². The first-order valence-electron chi connectivity index (χ1n) is 7.21. The minimum absolute atomic E-state index is 0.0306. The number of hydrogen-bond acceptors (Lipinski definition) is 3. The molecule has 0 saturated heterocycles. The molecule has 2 aromatic rings. The van der Waals surface area contributed by atoms with Gasteiger partial charge in [-0.05, 0) is 71.0 Å². The molecule has 0 radical (unpaired) electrons. The maximum atomic E-state index is 11.9. The molecule has 0 saturated carbocycles. The summed E-state index contributed by atoms with van der Waals surface area (Å²) in [7, 11) is 0. The van der Waals surface area contributed by atoms with E-state index in [-0.39, 0.29) is 18.4 Å². The van der Waals surface area contributed by atoms with Crippen molar-refractivity contribution in [2.45, 2.75) is 12.8 Å². The molecular weight excluding hydrogens is 407 g/mol. The van der Waals surface area contributed by atoms with Crippen LogP contribution in [0.15, 0.2) is 42.5 Å². The first-order chi connectivity index (χ1) is 11.1. The van der Waals surface area contributed by atoms with Crippen LogP contribution in [-0.4, -0.2) is 18.4 Å². The van der Waals surface area contributed by atoms with Crippen LogP contribution in [0.5, 0.6) is 5.75 Å². The maximum Gasteiger partial charge on any atom is 0.262 e. The van der Waals surface area contributed by atoms with E-state index < -0.39 is 0 Å². The zero-order valence-electron chi connectivity index (χ0n) is 12.3. The molecule has 0 aromatic heterocycles. The second kappa shape index (κ2) is 6.99. The third-order valence-corrected chi connectivity index (χ3v) is 4.12. The lowest BCUT2D eigenvalue weighted by Gasteiger charge is -2.17. The van der Waals surface area contributed by atoms with E-state index in [1.54, 1.807) is 12.1 Å². The highest BCUT2D eigenvalue weighted by Gasteiger charge is 2.15. The lowest BCUT2D eigenvalue weighted by atomic mass is 10.0. The molecule has 6 heteroatoms. The molecule has 1 heterocycles. The quantitative estimate of drug-likeness (QED) is 0.744. The molecule has 2 N–H and O–H groups in total. The highest BCUT2D eigenvalue weighted by molar-refractivity contribution is 14.1. The molecule has 0 fully saturated rings. The predicted octanol–water partition coefficient (Wildman–Crippen LogP) is 3.19. The second-order valence-corrected chi connectivity index (χ2v) is 6.46. The average Bonchev–Trinajstić information content (AvgIpc) is 2.53. The smallest absolute Gasteiger partial charge is 0.262 e. The Labute approximate surface area is 147 Å². The molecule has 0 aliphatic carbocycles. The van der Waals surface area contributed by atoms with E-state index in [1.165, 1.54) is 0 Å². The van der Waals surface area contributed by atoms with Gasteiger partial charge in [-0.1, -0.05) is 6.07 Å². The van der Waals surface area contributed by atoms with E-state index in [2.05, 4.69) is 33.2 Å². The van der Waals surface area contributed by atoms with Gasteiger partial charge < -0.3 is 15.4 Å². The van der Waals surface area contributed by atoms with Crippen LogP contribution in [0, 0.1) is 3.57 Å². The molecule has 3 rings (SSSR count). The monoisotopic (exact) mass is 422 g/mol. The molecule has 0 bridgehead atoms. The summed E-state index contributed by atoms with van der Waals surface area (Å²) in [4.78, 5) is 23.3. The van der Waals surface area contributed by atoms with Gasteiger partial charge in [-0.3, -0.25) is 9.59 Å². The Hall–Kier alpha value is -2.09. The largest absolute Gasteiger partial charge is 0.484 e. The van der Waals surface area contributed by atoms with E-state index in [0.717, 1.165) is 20.5 Å². The van der Waals surface area contributed by atoms with Gasteiger partial charge in [0.15, 0.2) is 6.61 Å². The number of halogens is 1. The number of aryl methyl sites for hydroxylation is 1. The summed E-state index contributed by atoms with van der Waals surface area (Å²) < 4.78 is 6.59. The SMILES string of the molecule is O=C(COc1ccc2c(c1)CCC(=O)N2)Nc1cccc(I)c1. The Balaban J connectivity index is 1.58. The number of nitrogens with one attached hydrogen (secondary N) is 2. The first kappa shape index (κ1) is 15.8. The highest BCUT2D eigenvalue weighted by atomic mass is 127. The lowest BCUT2D eigenvalue weighted by Crippen LogP contribution is -2.21. The van der Waals surface area contributed by atoms with Crippen LogP contribution in [-0.2, 0) is 16.0 Å². The summed E-state index contributed by atoms with van der Waals surface area (Å²) in [6.07, 6.45) is 1.16. The van der Waals surface area contributed by atoms with Gasteiger partial charge in [0.25, 0.3) is 5.91 Å². The second-order valence-electron chi connectivity index (χ2n) is 5.21. The number of hydrogen-bond donors (Lipinski definition) is 2. The number of carbonyl (C=O) groups excluding carboxylic acids is 2. The standard InChI is InChI=1S/C17H15IN2O3/c18-12-2-1-3-13(9-12)19-17(22)10-23-14-5-6-15-11(8-14)4-7-16(21)20-15/h1-3,5-6,8-9H,4,7,10H2,(H,19,22)(H,20,21). The van der Waals surface area contributed by atoms with Crippen LogP contribution in [0.3, 0.4) is 0 Å². The maximum absolute atomic E-state index is 11.9. The number of fused-ring (bicyclic) bond motifs is 1.